The molecule has 0 atom stereocenters. The van der Waals surface area contributed by atoms with Crippen molar-refractivity contribution in [3.63, 3.8) is 0 Å². The van der Waals surface area contributed by atoms with Gasteiger partial charge in [-0.25, -0.2) is 0 Å². The molecule has 26 heavy (non-hydrogen) atoms. The number of anilines is 4. The van der Waals surface area contributed by atoms with Crippen LogP contribution >= 0.6 is 0 Å². The van der Waals surface area contributed by atoms with E-state index < -0.39 is 0 Å². The molecule has 2 N–H and O–H groups in total. The molecule has 0 unspecified atom stereocenters. The zero-order valence-electron chi connectivity index (χ0n) is 15.8. The summed E-state index contributed by atoms with van der Waals surface area (Å²) in [5.41, 5.74) is 7.09. The fourth-order valence-corrected chi connectivity index (χ4v) is 2.89. The Kier molecular flexibility index (Phi) is 5.92. The zero-order valence-corrected chi connectivity index (χ0v) is 15.8. The number of rotatable bonds is 7. The maximum absolute atomic E-state index is 3.61. The molecule has 0 aromatic heterocycles. The molecule has 3 aromatic rings. The van der Waals surface area contributed by atoms with Crippen LogP contribution in [0.25, 0.3) is 0 Å². The normalized spacial score (nSPS) is 10.8. The lowest BCUT2D eigenvalue weighted by Gasteiger charge is -2.17. The van der Waals surface area contributed by atoms with Crippen molar-refractivity contribution in [3.8, 4) is 0 Å². The Labute approximate surface area is 156 Å². The lowest BCUT2D eigenvalue weighted by molar-refractivity contribution is 0.414. The summed E-state index contributed by atoms with van der Waals surface area (Å²) in [5, 5.41) is 7.10. The number of likely N-dealkylation sites (N-methyl/N-ethyl adjacent to an activating group) is 1. The largest absolute Gasteiger partial charge is 0.356 e. The summed E-state index contributed by atoms with van der Waals surface area (Å²) in [6, 6.07) is 25.2. The minimum Gasteiger partial charge on any atom is -0.356 e. The van der Waals surface area contributed by atoms with Crippen molar-refractivity contribution in [1.82, 2.24) is 4.90 Å². The van der Waals surface area contributed by atoms with Crippen molar-refractivity contribution >= 4 is 22.7 Å². The third kappa shape index (κ3) is 4.87. The fourth-order valence-electron chi connectivity index (χ4n) is 2.89. The van der Waals surface area contributed by atoms with Crippen LogP contribution in [0.15, 0.2) is 72.8 Å². The highest BCUT2D eigenvalue weighted by atomic mass is 15.0. The Morgan fingerprint density at radius 2 is 1.46 bits per heavy atom. The van der Waals surface area contributed by atoms with E-state index in [0.29, 0.717) is 0 Å². The van der Waals surface area contributed by atoms with Crippen LogP contribution in [0, 0.1) is 6.92 Å². The SMILES string of the molecule is Cc1ccccc1Nc1ccc(Nc2ccccc2)cc1CCN(C)C. The second-order valence-electron chi connectivity index (χ2n) is 6.86. The van der Waals surface area contributed by atoms with Gasteiger partial charge < -0.3 is 15.5 Å². The van der Waals surface area contributed by atoms with Crippen LogP contribution in [-0.4, -0.2) is 25.5 Å². The first-order valence-corrected chi connectivity index (χ1v) is 9.04. The number of nitrogens with one attached hydrogen (secondary N) is 2. The van der Waals surface area contributed by atoms with Gasteiger partial charge in [0, 0.05) is 29.3 Å². The van der Waals surface area contributed by atoms with Gasteiger partial charge in [-0.2, -0.15) is 0 Å². The van der Waals surface area contributed by atoms with Crippen molar-refractivity contribution < 1.29 is 0 Å². The highest BCUT2D eigenvalue weighted by Gasteiger charge is 2.07. The molecule has 3 rings (SSSR count). The van der Waals surface area contributed by atoms with Crippen molar-refractivity contribution in [3.05, 3.63) is 83.9 Å². The van der Waals surface area contributed by atoms with Crippen molar-refractivity contribution in [2.75, 3.05) is 31.3 Å². The van der Waals surface area contributed by atoms with Gasteiger partial charge in [0.1, 0.15) is 0 Å². The van der Waals surface area contributed by atoms with E-state index in [1.54, 1.807) is 0 Å². The first-order chi connectivity index (χ1) is 12.6. The van der Waals surface area contributed by atoms with Crippen LogP contribution < -0.4 is 10.6 Å². The van der Waals surface area contributed by atoms with E-state index in [9.17, 15) is 0 Å². The molecule has 3 heteroatoms. The highest BCUT2D eigenvalue weighted by Crippen LogP contribution is 2.28. The molecule has 0 heterocycles. The van der Waals surface area contributed by atoms with E-state index in [1.807, 2.05) is 18.2 Å². The third-order valence-corrected chi connectivity index (χ3v) is 4.41. The lowest BCUT2D eigenvalue weighted by Crippen LogP contribution is -2.15. The monoisotopic (exact) mass is 345 g/mol. The van der Waals surface area contributed by atoms with Crippen molar-refractivity contribution in [2.24, 2.45) is 0 Å². The average molecular weight is 345 g/mol. The van der Waals surface area contributed by atoms with E-state index in [2.05, 4.69) is 91.1 Å². The molecule has 0 aliphatic heterocycles. The highest BCUT2D eigenvalue weighted by molar-refractivity contribution is 5.70. The predicted molar refractivity (Wildman–Crippen MR) is 113 cm³/mol. The summed E-state index contributed by atoms with van der Waals surface area (Å²) in [4.78, 5) is 2.22. The molecule has 3 aromatic carbocycles. The minimum atomic E-state index is 0.992. The molecule has 0 saturated carbocycles. The maximum Gasteiger partial charge on any atom is 0.0418 e. The molecule has 0 radical (unpaired) electrons. The van der Waals surface area contributed by atoms with Gasteiger partial charge in [-0.05, 0) is 75.0 Å². The first kappa shape index (κ1) is 18.0. The van der Waals surface area contributed by atoms with E-state index in [0.717, 1.165) is 30.0 Å². The Morgan fingerprint density at radius 1 is 0.731 bits per heavy atom. The second kappa shape index (κ2) is 8.54. The molecule has 134 valence electrons. The van der Waals surface area contributed by atoms with Gasteiger partial charge in [0.25, 0.3) is 0 Å². The standard InChI is InChI=1S/C23H27N3/c1-18-9-7-8-12-22(18)25-23-14-13-21(17-19(23)15-16-26(2)3)24-20-10-5-4-6-11-20/h4-14,17,24-25H,15-16H2,1-3H3. The molecule has 0 aliphatic carbocycles. The third-order valence-electron chi connectivity index (χ3n) is 4.41. The number of aryl methyl sites for hydroxylation is 1. The quantitative estimate of drug-likeness (QED) is 0.585. The smallest absolute Gasteiger partial charge is 0.0418 e. The molecular weight excluding hydrogens is 318 g/mol. The number of hydrogen-bond acceptors (Lipinski definition) is 3. The van der Waals surface area contributed by atoms with Gasteiger partial charge in [0.2, 0.25) is 0 Å². The Morgan fingerprint density at radius 3 is 2.19 bits per heavy atom. The van der Waals surface area contributed by atoms with Crippen LogP contribution in [0.5, 0.6) is 0 Å². The summed E-state index contributed by atoms with van der Waals surface area (Å²) in [6.07, 6.45) is 0.992. The summed E-state index contributed by atoms with van der Waals surface area (Å²) in [6.45, 7) is 3.14. The topological polar surface area (TPSA) is 27.3 Å². The van der Waals surface area contributed by atoms with Gasteiger partial charge in [-0.3, -0.25) is 0 Å². The first-order valence-electron chi connectivity index (χ1n) is 9.04. The molecule has 0 spiro atoms. The number of para-hydroxylation sites is 2. The van der Waals surface area contributed by atoms with Crippen LogP contribution in [0.2, 0.25) is 0 Å². The number of benzene rings is 3. The Bertz CT molecular complexity index is 841. The van der Waals surface area contributed by atoms with Crippen LogP contribution in [0.3, 0.4) is 0 Å². The van der Waals surface area contributed by atoms with Crippen molar-refractivity contribution in [1.29, 1.82) is 0 Å². The van der Waals surface area contributed by atoms with E-state index >= 15 is 0 Å². The number of nitrogens with zero attached hydrogens (tertiary/aromatic N) is 1. The summed E-state index contributed by atoms with van der Waals surface area (Å²) in [7, 11) is 4.22. The maximum atomic E-state index is 3.61. The molecule has 0 amide bonds. The van der Waals surface area contributed by atoms with E-state index in [-0.39, 0.29) is 0 Å². The second-order valence-corrected chi connectivity index (χ2v) is 6.86. The zero-order chi connectivity index (χ0) is 18.4. The lowest BCUT2D eigenvalue weighted by atomic mass is 10.1. The van der Waals surface area contributed by atoms with Gasteiger partial charge in [0.05, 0.1) is 0 Å². The average Bonchev–Trinajstić information content (AvgIpc) is 2.64. The molecule has 3 nitrogen and oxygen atoms in total. The Balaban J connectivity index is 1.86. The molecule has 0 saturated heterocycles. The van der Waals surface area contributed by atoms with Crippen molar-refractivity contribution in [2.45, 2.75) is 13.3 Å². The van der Waals surface area contributed by atoms with E-state index in [1.165, 1.54) is 16.8 Å². The summed E-state index contributed by atoms with van der Waals surface area (Å²) in [5.74, 6) is 0. The molecule has 0 bridgehead atoms. The molecular formula is C23H27N3. The van der Waals surface area contributed by atoms with Crippen LogP contribution in [0.1, 0.15) is 11.1 Å². The summed E-state index contributed by atoms with van der Waals surface area (Å²) < 4.78 is 0. The van der Waals surface area contributed by atoms with Crippen LogP contribution in [-0.2, 0) is 6.42 Å². The Hall–Kier alpha value is -2.78. The van der Waals surface area contributed by atoms with Gasteiger partial charge in [0.15, 0.2) is 0 Å². The van der Waals surface area contributed by atoms with Gasteiger partial charge in [-0.15, -0.1) is 0 Å². The van der Waals surface area contributed by atoms with Gasteiger partial charge >= 0.3 is 0 Å². The predicted octanol–water partition coefficient (Wildman–Crippen LogP) is 5.59. The van der Waals surface area contributed by atoms with Crippen LogP contribution in [0.4, 0.5) is 22.7 Å². The summed E-state index contributed by atoms with van der Waals surface area (Å²) >= 11 is 0. The molecule has 0 aliphatic rings. The fraction of sp³-hybridized carbons (Fsp3) is 0.217. The number of hydrogen-bond donors (Lipinski definition) is 2. The molecule has 0 fully saturated rings. The van der Waals surface area contributed by atoms with Gasteiger partial charge in [-0.1, -0.05) is 36.4 Å². The minimum absolute atomic E-state index is 0.992. The van der Waals surface area contributed by atoms with E-state index in [4.69, 9.17) is 0 Å².